The number of nitrogens with zero attached hydrogens (tertiary/aromatic N) is 1. The van der Waals surface area contributed by atoms with Crippen molar-refractivity contribution in [2.45, 2.75) is 31.2 Å². The minimum absolute atomic E-state index is 0.244. The van der Waals surface area contributed by atoms with Crippen molar-refractivity contribution in [3.63, 3.8) is 0 Å². The van der Waals surface area contributed by atoms with Crippen molar-refractivity contribution in [2.75, 3.05) is 0 Å². The maximum absolute atomic E-state index is 12.9. The van der Waals surface area contributed by atoms with Crippen LogP contribution in [0.3, 0.4) is 0 Å². The molecule has 0 fully saturated rings. The Bertz CT molecular complexity index is 900. The van der Waals surface area contributed by atoms with Crippen LogP contribution in [-0.4, -0.2) is 24.5 Å². The number of amides is 1. The number of fused-ring (bicyclic) bond motifs is 1. The molecule has 2 unspecified atom stereocenters. The number of sulfonamides is 1. The van der Waals surface area contributed by atoms with E-state index in [1.54, 1.807) is 4.90 Å². The molecule has 7 heteroatoms. The third kappa shape index (κ3) is 3.71. The average Bonchev–Trinajstić information content (AvgIpc) is 2.59. The third-order valence-electron chi connectivity index (χ3n) is 4.61. The van der Waals surface area contributed by atoms with Crippen LogP contribution in [0.15, 0.2) is 48.5 Å². The monoisotopic (exact) mass is 378 g/mol. The predicted octanol–water partition coefficient (Wildman–Crippen LogP) is 2.64. The lowest BCUT2D eigenvalue weighted by molar-refractivity contribution is -0.134. The molecule has 3 rings (SSSR count). The second-order valence-corrected chi connectivity index (χ2v) is 8.56. The van der Waals surface area contributed by atoms with Crippen molar-refractivity contribution < 1.29 is 13.2 Å². The summed E-state index contributed by atoms with van der Waals surface area (Å²) < 4.78 is 23.3. The molecule has 0 bridgehead atoms. The van der Waals surface area contributed by atoms with Crippen molar-refractivity contribution in [3.05, 3.63) is 70.2 Å². The number of rotatable bonds is 3. The minimum atomic E-state index is -3.96. The Morgan fingerprint density at radius 2 is 1.88 bits per heavy atom. The van der Waals surface area contributed by atoms with Gasteiger partial charge in [-0.25, -0.2) is 13.6 Å². The lowest BCUT2D eigenvalue weighted by Gasteiger charge is -2.38. The zero-order valence-corrected chi connectivity index (χ0v) is 15.3. The van der Waals surface area contributed by atoms with Crippen LogP contribution in [0.2, 0.25) is 5.02 Å². The lowest BCUT2D eigenvalue weighted by Crippen LogP contribution is -2.47. The molecule has 1 aliphatic rings. The van der Waals surface area contributed by atoms with Crippen LogP contribution in [0.5, 0.6) is 0 Å². The first-order chi connectivity index (χ1) is 11.8. The number of hydrogen-bond acceptors (Lipinski definition) is 3. The molecule has 2 N–H and O–H groups in total. The van der Waals surface area contributed by atoms with Crippen molar-refractivity contribution in [2.24, 2.45) is 5.14 Å². The van der Waals surface area contributed by atoms with Crippen LogP contribution >= 0.6 is 11.6 Å². The highest BCUT2D eigenvalue weighted by Gasteiger charge is 2.36. The highest BCUT2D eigenvalue weighted by atomic mass is 35.5. The molecule has 0 radical (unpaired) electrons. The molecule has 25 heavy (non-hydrogen) atoms. The molecule has 2 atom stereocenters. The number of hydrogen-bond donors (Lipinski definition) is 1. The molecule has 0 saturated carbocycles. The van der Waals surface area contributed by atoms with Gasteiger partial charge < -0.3 is 4.90 Å². The van der Waals surface area contributed by atoms with Crippen molar-refractivity contribution in [1.82, 2.24) is 4.90 Å². The maximum Gasteiger partial charge on any atom is 0.242 e. The normalized spacial score (nSPS) is 18.5. The van der Waals surface area contributed by atoms with E-state index in [1.165, 1.54) is 6.92 Å². The SMILES string of the molecule is CC(C(=O)N1Cc2cc(Cl)ccc2CC1c1ccccc1)S(N)(=O)=O. The van der Waals surface area contributed by atoms with Crippen LogP contribution in [0, 0.1) is 0 Å². The number of halogens is 1. The van der Waals surface area contributed by atoms with E-state index in [4.69, 9.17) is 16.7 Å². The van der Waals surface area contributed by atoms with Gasteiger partial charge >= 0.3 is 0 Å². The zero-order valence-electron chi connectivity index (χ0n) is 13.7. The first-order valence-corrected chi connectivity index (χ1v) is 9.90. The highest BCUT2D eigenvalue weighted by molar-refractivity contribution is 7.90. The van der Waals surface area contributed by atoms with E-state index in [0.717, 1.165) is 16.7 Å². The fraction of sp³-hybridized carbons (Fsp3) is 0.278. The summed E-state index contributed by atoms with van der Waals surface area (Å²) >= 11 is 6.07. The number of carbonyl (C=O) groups is 1. The van der Waals surface area contributed by atoms with Crippen molar-refractivity contribution in [1.29, 1.82) is 0 Å². The van der Waals surface area contributed by atoms with E-state index in [0.29, 0.717) is 18.0 Å². The summed E-state index contributed by atoms with van der Waals surface area (Å²) in [5, 5.41) is 4.49. The van der Waals surface area contributed by atoms with Crippen LogP contribution in [0.25, 0.3) is 0 Å². The Kier molecular flexibility index (Phi) is 4.86. The van der Waals surface area contributed by atoms with E-state index < -0.39 is 21.2 Å². The number of nitrogens with two attached hydrogens (primary N) is 1. The van der Waals surface area contributed by atoms with Crippen molar-refractivity contribution in [3.8, 4) is 0 Å². The predicted molar refractivity (Wildman–Crippen MR) is 97.5 cm³/mol. The molecular formula is C18H19ClN2O3S. The van der Waals surface area contributed by atoms with Gasteiger partial charge in [-0.05, 0) is 42.2 Å². The standard InChI is InChI=1S/C18H19ClN2O3S/c1-12(25(20,23)24)18(22)21-11-15-9-16(19)8-7-14(15)10-17(21)13-5-3-2-4-6-13/h2-9,12,17H,10-11H2,1H3,(H2,20,23,24). The van der Waals surface area contributed by atoms with Gasteiger partial charge in [0.2, 0.25) is 15.9 Å². The van der Waals surface area contributed by atoms with E-state index in [9.17, 15) is 13.2 Å². The summed E-state index contributed by atoms with van der Waals surface area (Å²) in [5.41, 5.74) is 2.98. The van der Waals surface area contributed by atoms with Gasteiger partial charge in [0.05, 0.1) is 6.04 Å². The van der Waals surface area contributed by atoms with E-state index in [-0.39, 0.29) is 6.04 Å². The molecule has 2 aromatic carbocycles. The quantitative estimate of drug-likeness (QED) is 0.891. The zero-order chi connectivity index (χ0) is 18.2. The van der Waals surface area contributed by atoms with Gasteiger partial charge in [0.15, 0.2) is 5.25 Å². The number of primary sulfonamides is 1. The summed E-state index contributed by atoms with van der Waals surface area (Å²) in [6, 6.07) is 14.9. The third-order valence-corrected chi connectivity index (χ3v) is 6.03. The van der Waals surface area contributed by atoms with Gasteiger partial charge in [0.1, 0.15) is 0 Å². The van der Waals surface area contributed by atoms with Crippen LogP contribution < -0.4 is 5.14 Å². The molecule has 132 valence electrons. The lowest BCUT2D eigenvalue weighted by atomic mass is 9.89. The number of benzene rings is 2. The molecule has 1 aliphatic heterocycles. The van der Waals surface area contributed by atoms with Gasteiger partial charge in [-0.1, -0.05) is 48.0 Å². The van der Waals surface area contributed by atoms with Gasteiger partial charge in [-0.2, -0.15) is 0 Å². The number of carbonyl (C=O) groups excluding carboxylic acids is 1. The molecule has 0 spiro atoms. The fourth-order valence-electron chi connectivity index (χ4n) is 3.13. The largest absolute Gasteiger partial charge is 0.330 e. The summed E-state index contributed by atoms with van der Waals surface area (Å²) in [5.74, 6) is -0.498. The van der Waals surface area contributed by atoms with Crippen molar-refractivity contribution >= 4 is 27.5 Å². The Hall–Kier alpha value is -1.89. The van der Waals surface area contributed by atoms with Crippen LogP contribution in [0.1, 0.15) is 29.7 Å². The van der Waals surface area contributed by atoms with Crippen LogP contribution in [-0.2, 0) is 27.8 Å². The first kappa shape index (κ1) is 17.9. The fourth-order valence-corrected chi connectivity index (χ4v) is 3.74. The van der Waals surface area contributed by atoms with E-state index >= 15 is 0 Å². The Balaban J connectivity index is 2.04. The summed E-state index contributed by atoms with van der Waals surface area (Å²) in [6.07, 6.45) is 0.597. The molecule has 2 aromatic rings. The molecule has 1 amide bonds. The maximum atomic E-state index is 12.9. The molecule has 0 aliphatic carbocycles. The van der Waals surface area contributed by atoms with Gasteiger partial charge in [-0.15, -0.1) is 0 Å². The minimum Gasteiger partial charge on any atom is -0.330 e. The molecule has 5 nitrogen and oxygen atoms in total. The van der Waals surface area contributed by atoms with E-state index in [2.05, 4.69) is 0 Å². The summed E-state index contributed by atoms with van der Waals surface area (Å²) in [4.78, 5) is 14.4. The second kappa shape index (κ2) is 6.78. The Morgan fingerprint density at radius 3 is 2.52 bits per heavy atom. The molecule has 0 saturated heterocycles. The van der Waals surface area contributed by atoms with Gasteiger partial charge in [0.25, 0.3) is 0 Å². The Morgan fingerprint density at radius 1 is 1.20 bits per heavy atom. The molecular weight excluding hydrogens is 360 g/mol. The van der Waals surface area contributed by atoms with Gasteiger partial charge in [0, 0.05) is 11.6 Å². The smallest absolute Gasteiger partial charge is 0.242 e. The molecule has 1 heterocycles. The first-order valence-electron chi connectivity index (χ1n) is 7.91. The van der Waals surface area contributed by atoms with Crippen LogP contribution in [0.4, 0.5) is 0 Å². The topological polar surface area (TPSA) is 80.5 Å². The highest BCUT2D eigenvalue weighted by Crippen LogP contribution is 2.35. The van der Waals surface area contributed by atoms with E-state index in [1.807, 2.05) is 48.5 Å². The summed E-state index contributed by atoms with van der Waals surface area (Å²) in [7, 11) is -3.96. The average molecular weight is 379 g/mol. The second-order valence-electron chi connectivity index (χ2n) is 6.24. The summed E-state index contributed by atoms with van der Waals surface area (Å²) in [6.45, 7) is 1.63. The van der Waals surface area contributed by atoms with Gasteiger partial charge in [-0.3, -0.25) is 4.79 Å². The Labute approximate surface area is 152 Å². The molecule has 0 aromatic heterocycles.